The molecule has 7 rings (SSSR count). The van der Waals surface area contributed by atoms with Crippen LogP contribution in [-0.2, 0) is 0 Å². The lowest BCUT2D eigenvalue weighted by Crippen LogP contribution is -2.48. The van der Waals surface area contributed by atoms with Crippen molar-refractivity contribution in [1.82, 2.24) is 29.9 Å². The van der Waals surface area contributed by atoms with Gasteiger partial charge in [0.05, 0.1) is 12.2 Å². The molecule has 0 spiro atoms. The molecule has 1 saturated heterocycles. The van der Waals surface area contributed by atoms with Gasteiger partial charge in [-0.1, -0.05) is 17.3 Å². The van der Waals surface area contributed by atoms with Crippen LogP contribution in [0.4, 0.5) is 6.01 Å². The average molecular weight is 456 g/mol. The highest BCUT2D eigenvalue weighted by Crippen LogP contribution is 2.61. The van der Waals surface area contributed by atoms with Crippen LogP contribution in [0.2, 0.25) is 0 Å². The van der Waals surface area contributed by atoms with Crippen molar-refractivity contribution in [2.45, 2.75) is 25.8 Å². The van der Waals surface area contributed by atoms with Gasteiger partial charge in [0.25, 0.3) is 11.9 Å². The Morgan fingerprint density at radius 2 is 1.82 bits per heavy atom. The normalized spacial score (nSPS) is 23.6. The van der Waals surface area contributed by atoms with Gasteiger partial charge in [0.1, 0.15) is 5.69 Å². The van der Waals surface area contributed by atoms with Crippen molar-refractivity contribution in [3.8, 4) is 11.3 Å². The molecule has 1 amide bonds. The summed E-state index contributed by atoms with van der Waals surface area (Å²) in [6.07, 6.45) is 4.62. The van der Waals surface area contributed by atoms with Gasteiger partial charge in [0.15, 0.2) is 5.58 Å². The number of amides is 1. The Morgan fingerprint density at radius 3 is 2.56 bits per heavy atom. The van der Waals surface area contributed by atoms with E-state index in [2.05, 4.69) is 25.2 Å². The molecule has 3 atom stereocenters. The number of hydrogen-bond acceptors (Lipinski definition) is 7. The van der Waals surface area contributed by atoms with Crippen LogP contribution in [0, 0.1) is 18.8 Å². The van der Waals surface area contributed by atoms with Gasteiger partial charge in [-0.15, -0.1) is 5.10 Å². The molecule has 9 heteroatoms. The average Bonchev–Trinajstić information content (AvgIpc) is 3.21. The Kier molecular flexibility index (Phi) is 4.27. The lowest BCUT2D eigenvalue weighted by Gasteiger charge is -2.33. The van der Waals surface area contributed by atoms with Crippen molar-refractivity contribution in [3.63, 3.8) is 0 Å². The number of fused-ring (bicyclic) bond motifs is 2. The number of nitrogens with zero attached hydrogens (tertiary/aromatic N) is 7. The van der Waals surface area contributed by atoms with E-state index < -0.39 is 0 Å². The SMILES string of the molecule is Cc1ccc2oc(N3CCN(C(=O)c4ccc(-c5cn([C@H]6CC7CC76)nn5)cc4)CC3)nc2n1. The van der Waals surface area contributed by atoms with Crippen molar-refractivity contribution in [1.29, 1.82) is 0 Å². The minimum Gasteiger partial charge on any atom is -0.422 e. The standard InChI is InChI=1S/C25H25N7O2/c1-15-2-7-22-23(26-15)27-25(34-22)31-10-8-30(9-11-31)24(33)17-5-3-16(4-6-17)20-14-32(29-28-20)21-13-18-12-19(18)21/h2-7,14,18-19,21H,8-13H2,1H3/t18?,19?,21-/m0/s1. The molecule has 3 fully saturated rings. The quantitative estimate of drug-likeness (QED) is 0.466. The van der Waals surface area contributed by atoms with Crippen molar-refractivity contribution < 1.29 is 9.21 Å². The van der Waals surface area contributed by atoms with Crippen molar-refractivity contribution in [3.05, 3.63) is 53.9 Å². The highest BCUT2D eigenvalue weighted by atomic mass is 16.4. The zero-order valence-electron chi connectivity index (χ0n) is 19.0. The van der Waals surface area contributed by atoms with Gasteiger partial charge in [0, 0.05) is 43.0 Å². The molecule has 2 unspecified atom stereocenters. The number of pyridine rings is 1. The van der Waals surface area contributed by atoms with Gasteiger partial charge >= 0.3 is 0 Å². The van der Waals surface area contributed by atoms with Gasteiger partial charge < -0.3 is 14.2 Å². The van der Waals surface area contributed by atoms with Gasteiger partial charge in [-0.25, -0.2) is 9.67 Å². The highest BCUT2D eigenvalue weighted by Gasteiger charge is 2.54. The summed E-state index contributed by atoms with van der Waals surface area (Å²) in [5.41, 5.74) is 4.75. The van der Waals surface area contributed by atoms with E-state index in [1.54, 1.807) is 0 Å². The van der Waals surface area contributed by atoms with Crippen LogP contribution in [0.5, 0.6) is 0 Å². The number of piperazine rings is 1. The summed E-state index contributed by atoms with van der Waals surface area (Å²) >= 11 is 0. The zero-order chi connectivity index (χ0) is 22.8. The molecule has 172 valence electrons. The summed E-state index contributed by atoms with van der Waals surface area (Å²) in [6.45, 7) is 4.50. The molecule has 0 radical (unpaired) electrons. The van der Waals surface area contributed by atoms with E-state index in [0.717, 1.165) is 28.8 Å². The number of oxazole rings is 1. The Hall–Kier alpha value is -3.75. The van der Waals surface area contributed by atoms with Crippen molar-refractivity contribution in [2.24, 2.45) is 11.8 Å². The van der Waals surface area contributed by atoms with E-state index in [-0.39, 0.29) is 5.91 Å². The van der Waals surface area contributed by atoms with Crippen LogP contribution in [0.3, 0.4) is 0 Å². The summed E-state index contributed by atoms with van der Waals surface area (Å²) in [7, 11) is 0. The zero-order valence-corrected chi connectivity index (χ0v) is 19.0. The molecular formula is C25H25N7O2. The van der Waals surface area contributed by atoms with Crippen LogP contribution < -0.4 is 4.90 Å². The number of carbonyl (C=O) groups excluding carboxylic acids is 1. The molecule has 0 N–H and O–H groups in total. The summed E-state index contributed by atoms with van der Waals surface area (Å²) < 4.78 is 7.89. The van der Waals surface area contributed by atoms with E-state index in [9.17, 15) is 4.79 Å². The van der Waals surface area contributed by atoms with E-state index in [0.29, 0.717) is 55.0 Å². The van der Waals surface area contributed by atoms with Gasteiger partial charge in [-0.05, 0) is 55.9 Å². The largest absolute Gasteiger partial charge is 0.422 e. The minimum atomic E-state index is 0.0407. The fourth-order valence-corrected chi connectivity index (χ4v) is 5.28. The van der Waals surface area contributed by atoms with Crippen LogP contribution in [0.15, 0.2) is 47.0 Å². The Bertz CT molecular complexity index is 1380. The number of benzene rings is 1. The molecule has 0 bridgehead atoms. The molecule has 4 aromatic rings. The molecular weight excluding hydrogens is 430 g/mol. The molecule has 34 heavy (non-hydrogen) atoms. The topological polar surface area (TPSA) is 93.2 Å². The Morgan fingerprint density at radius 1 is 1.00 bits per heavy atom. The third-order valence-corrected chi connectivity index (χ3v) is 7.51. The summed E-state index contributed by atoms with van der Waals surface area (Å²) in [5, 5.41) is 8.70. The lowest BCUT2D eigenvalue weighted by molar-refractivity contribution is 0.0745. The van der Waals surface area contributed by atoms with Crippen LogP contribution in [0.1, 0.15) is 34.9 Å². The molecule has 2 saturated carbocycles. The van der Waals surface area contributed by atoms with Gasteiger partial charge in [0.2, 0.25) is 5.65 Å². The molecule has 1 aliphatic heterocycles. The second-order valence-corrected chi connectivity index (χ2v) is 9.67. The maximum absolute atomic E-state index is 13.1. The number of aryl methyl sites for hydroxylation is 1. The van der Waals surface area contributed by atoms with E-state index in [4.69, 9.17) is 4.42 Å². The highest BCUT2D eigenvalue weighted by molar-refractivity contribution is 5.94. The van der Waals surface area contributed by atoms with Crippen LogP contribution in [0.25, 0.3) is 22.5 Å². The predicted octanol–water partition coefficient (Wildman–Crippen LogP) is 3.33. The van der Waals surface area contributed by atoms with E-state index in [1.165, 1.54) is 12.8 Å². The number of carbonyl (C=O) groups is 1. The third kappa shape index (κ3) is 3.26. The first-order chi connectivity index (χ1) is 16.6. The van der Waals surface area contributed by atoms with E-state index in [1.807, 2.05) is 59.1 Å². The fraction of sp³-hybridized carbons (Fsp3) is 0.400. The molecule has 1 aromatic carbocycles. The fourth-order valence-electron chi connectivity index (χ4n) is 5.28. The molecule has 2 aliphatic carbocycles. The maximum Gasteiger partial charge on any atom is 0.300 e. The maximum atomic E-state index is 13.1. The number of rotatable bonds is 4. The first-order valence-electron chi connectivity index (χ1n) is 11.9. The number of aromatic nitrogens is 5. The molecule has 9 nitrogen and oxygen atoms in total. The minimum absolute atomic E-state index is 0.0407. The van der Waals surface area contributed by atoms with Gasteiger partial charge in [-0.2, -0.15) is 4.98 Å². The Balaban J connectivity index is 0.999. The smallest absolute Gasteiger partial charge is 0.300 e. The Labute approximate surface area is 196 Å². The van der Waals surface area contributed by atoms with Crippen LogP contribution in [-0.4, -0.2) is 61.9 Å². The third-order valence-electron chi connectivity index (χ3n) is 7.51. The molecule has 4 heterocycles. The monoisotopic (exact) mass is 455 g/mol. The summed E-state index contributed by atoms with van der Waals surface area (Å²) in [5.74, 6) is 1.79. The number of anilines is 1. The predicted molar refractivity (Wildman–Crippen MR) is 125 cm³/mol. The first kappa shape index (κ1) is 19.7. The summed E-state index contributed by atoms with van der Waals surface area (Å²) in [6, 6.07) is 12.6. The first-order valence-corrected chi connectivity index (χ1v) is 11.9. The van der Waals surface area contributed by atoms with Gasteiger partial charge in [-0.3, -0.25) is 4.79 Å². The lowest BCUT2D eigenvalue weighted by atomic mass is 9.93. The molecule has 3 aliphatic rings. The van der Waals surface area contributed by atoms with E-state index >= 15 is 0 Å². The summed E-state index contributed by atoms with van der Waals surface area (Å²) in [4.78, 5) is 26.0. The second-order valence-electron chi connectivity index (χ2n) is 9.67. The second kappa shape index (κ2) is 7.38. The molecule has 3 aromatic heterocycles. The van der Waals surface area contributed by atoms with Crippen molar-refractivity contribution in [2.75, 3.05) is 31.1 Å². The van der Waals surface area contributed by atoms with Crippen molar-refractivity contribution >= 4 is 23.2 Å². The van der Waals surface area contributed by atoms with Crippen LogP contribution >= 0.6 is 0 Å². The number of hydrogen-bond donors (Lipinski definition) is 0.